The molecule has 0 radical (unpaired) electrons. The molecule has 0 spiro atoms. The van der Waals surface area contributed by atoms with Gasteiger partial charge in [0.15, 0.2) is 0 Å². The molecule has 0 amide bonds. The number of likely N-dealkylation sites (tertiary alicyclic amines) is 1. The van der Waals surface area contributed by atoms with Crippen LogP contribution in [-0.4, -0.2) is 63.7 Å². The first-order chi connectivity index (χ1) is 10.3. The molecule has 1 N–H and O–H groups in total. The molecule has 21 heavy (non-hydrogen) atoms. The Hall–Kier alpha value is -2.06. The molecule has 2 aromatic rings. The summed E-state index contributed by atoms with van der Waals surface area (Å²) < 4.78 is 10.8. The van der Waals surface area contributed by atoms with Gasteiger partial charge in [-0.05, 0) is 0 Å². The van der Waals surface area contributed by atoms with Crippen LogP contribution in [0.15, 0.2) is 18.6 Å². The van der Waals surface area contributed by atoms with Crippen molar-refractivity contribution in [3.8, 4) is 5.88 Å². The van der Waals surface area contributed by atoms with Gasteiger partial charge in [0, 0.05) is 45.1 Å². The Labute approximate surface area is 122 Å². The fourth-order valence-corrected chi connectivity index (χ4v) is 2.74. The lowest BCUT2D eigenvalue weighted by Gasteiger charge is -2.15. The number of nitrogens with one attached hydrogen (secondary N) is 1. The number of hydrogen-bond acceptors (Lipinski definition) is 7. The zero-order chi connectivity index (χ0) is 14.7. The van der Waals surface area contributed by atoms with Crippen LogP contribution >= 0.6 is 0 Å². The minimum atomic E-state index is 0.0952. The van der Waals surface area contributed by atoms with E-state index < -0.39 is 0 Å². The van der Waals surface area contributed by atoms with Crippen LogP contribution in [0.2, 0.25) is 0 Å². The Morgan fingerprint density at radius 1 is 1.29 bits per heavy atom. The van der Waals surface area contributed by atoms with E-state index in [2.05, 4.69) is 30.3 Å². The summed E-state index contributed by atoms with van der Waals surface area (Å²) in [4.78, 5) is 10.8. The summed E-state index contributed by atoms with van der Waals surface area (Å²) in [6, 6.07) is 0. The van der Waals surface area contributed by atoms with Gasteiger partial charge in [-0.2, -0.15) is 15.4 Å². The lowest BCUT2D eigenvalue weighted by Crippen LogP contribution is -2.23. The van der Waals surface area contributed by atoms with Crippen molar-refractivity contribution in [2.75, 3.05) is 27.3 Å². The van der Waals surface area contributed by atoms with E-state index >= 15 is 0 Å². The van der Waals surface area contributed by atoms with Gasteiger partial charge in [-0.25, -0.2) is 4.98 Å². The van der Waals surface area contributed by atoms with E-state index in [9.17, 15) is 0 Å². The van der Waals surface area contributed by atoms with E-state index in [1.165, 1.54) is 0 Å². The fourth-order valence-electron chi connectivity index (χ4n) is 2.74. The van der Waals surface area contributed by atoms with Gasteiger partial charge in [0.25, 0.3) is 0 Å². The summed E-state index contributed by atoms with van der Waals surface area (Å²) in [5.41, 5.74) is 1.76. The molecule has 1 saturated heterocycles. The number of methoxy groups -OCH3 is 2. The molecule has 3 rings (SSSR count). The molecule has 1 aliphatic heterocycles. The third-order valence-corrected chi connectivity index (χ3v) is 3.76. The van der Waals surface area contributed by atoms with Crippen LogP contribution in [0.1, 0.15) is 17.3 Å². The predicted octanol–water partition coefficient (Wildman–Crippen LogP) is 0.218. The second-order valence-electron chi connectivity index (χ2n) is 4.98. The number of ether oxygens (including phenoxy) is 2. The van der Waals surface area contributed by atoms with E-state index in [-0.39, 0.29) is 12.0 Å². The summed E-state index contributed by atoms with van der Waals surface area (Å²) in [6.45, 7) is 2.32. The average molecular weight is 290 g/mol. The van der Waals surface area contributed by atoms with Gasteiger partial charge < -0.3 is 9.47 Å². The van der Waals surface area contributed by atoms with Crippen molar-refractivity contribution in [1.29, 1.82) is 0 Å². The van der Waals surface area contributed by atoms with Crippen LogP contribution in [0, 0.1) is 0 Å². The highest BCUT2D eigenvalue weighted by Gasteiger charge is 2.35. The summed E-state index contributed by atoms with van der Waals surface area (Å²) >= 11 is 0. The maximum atomic E-state index is 5.58. The topological polar surface area (TPSA) is 89.0 Å². The van der Waals surface area contributed by atoms with Crippen LogP contribution in [0.5, 0.6) is 5.88 Å². The largest absolute Gasteiger partial charge is 0.480 e. The summed E-state index contributed by atoms with van der Waals surface area (Å²) in [5, 5.41) is 10.7. The molecular weight excluding hydrogens is 272 g/mol. The molecule has 8 heteroatoms. The lowest BCUT2D eigenvalue weighted by molar-refractivity contribution is 0.0955. The highest BCUT2D eigenvalue weighted by atomic mass is 16.5. The first-order valence-corrected chi connectivity index (χ1v) is 6.76. The second kappa shape index (κ2) is 6.15. The number of hydrogen-bond donors (Lipinski definition) is 1. The van der Waals surface area contributed by atoms with Gasteiger partial charge in [0.2, 0.25) is 5.88 Å². The Balaban J connectivity index is 1.73. The molecule has 0 unspecified atom stereocenters. The highest BCUT2D eigenvalue weighted by Crippen LogP contribution is 2.29. The number of H-pyrrole nitrogens is 1. The molecule has 2 aromatic heterocycles. The molecule has 0 saturated carbocycles. The molecule has 0 aliphatic carbocycles. The first-order valence-electron chi connectivity index (χ1n) is 6.76. The quantitative estimate of drug-likeness (QED) is 0.842. The van der Waals surface area contributed by atoms with Crippen LogP contribution in [0.3, 0.4) is 0 Å². The maximum absolute atomic E-state index is 5.58. The normalized spacial score (nSPS) is 22.6. The van der Waals surface area contributed by atoms with Crippen molar-refractivity contribution >= 4 is 0 Å². The van der Waals surface area contributed by atoms with E-state index in [0.29, 0.717) is 12.4 Å². The fraction of sp³-hybridized carbons (Fsp3) is 0.538. The average Bonchev–Trinajstić information content (AvgIpc) is 3.16. The zero-order valence-electron chi connectivity index (χ0n) is 12.1. The van der Waals surface area contributed by atoms with E-state index in [1.807, 2.05) is 0 Å². The Morgan fingerprint density at radius 3 is 2.86 bits per heavy atom. The molecule has 8 nitrogen and oxygen atoms in total. The van der Waals surface area contributed by atoms with Crippen molar-refractivity contribution < 1.29 is 9.47 Å². The lowest BCUT2D eigenvalue weighted by atomic mass is 10.0. The smallest absolute Gasteiger partial charge is 0.236 e. The third kappa shape index (κ3) is 2.86. The van der Waals surface area contributed by atoms with Crippen LogP contribution < -0.4 is 4.74 Å². The standard InChI is InChI=1S/C13H18N6O2/c1-20-12-8-19(6-9(12)10-5-16-18-17-10)7-11-13(21-2)15-4-3-14-11/h3-5,9,12H,6-8H2,1-2H3,(H,16,17,18)/t9-,12+/m0/s1. The van der Waals surface area contributed by atoms with Gasteiger partial charge in [-0.15, -0.1) is 0 Å². The molecule has 112 valence electrons. The van der Waals surface area contributed by atoms with Crippen LogP contribution in [0.25, 0.3) is 0 Å². The summed E-state index contributed by atoms with van der Waals surface area (Å²) in [6.07, 6.45) is 5.15. The molecule has 1 fully saturated rings. The maximum Gasteiger partial charge on any atom is 0.236 e. The van der Waals surface area contributed by atoms with Gasteiger partial charge in [0.05, 0.1) is 25.1 Å². The number of aromatic nitrogens is 5. The molecule has 2 atom stereocenters. The monoisotopic (exact) mass is 290 g/mol. The summed E-state index contributed by atoms with van der Waals surface area (Å²) in [5.74, 6) is 0.771. The van der Waals surface area contributed by atoms with Crippen molar-refractivity contribution in [3.05, 3.63) is 30.0 Å². The Kier molecular flexibility index (Phi) is 4.07. The molecule has 0 bridgehead atoms. The van der Waals surface area contributed by atoms with Crippen molar-refractivity contribution in [2.24, 2.45) is 0 Å². The van der Waals surface area contributed by atoms with Crippen LogP contribution in [0.4, 0.5) is 0 Å². The van der Waals surface area contributed by atoms with E-state index in [1.54, 1.807) is 32.8 Å². The molecule has 0 aromatic carbocycles. The van der Waals surface area contributed by atoms with Gasteiger partial charge in [-0.1, -0.05) is 0 Å². The number of rotatable bonds is 5. The zero-order valence-corrected chi connectivity index (χ0v) is 12.1. The number of nitrogens with zero attached hydrogens (tertiary/aromatic N) is 5. The predicted molar refractivity (Wildman–Crippen MR) is 73.8 cm³/mol. The van der Waals surface area contributed by atoms with Crippen molar-refractivity contribution in [3.63, 3.8) is 0 Å². The van der Waals surface area contributed by atoms with Crippen molar-refractivity contribution in [1.82, 2.24) is 30.3 Å². The Bertz CT molecular complexity index is 576. The number of aromatic amines is 1. The first kappa shape index (κ1) is 13.9. The minimum absolute atomic E-state index is 0.0952. The van der Waals surface area contributed by atoms with E-state index in [4.69, 9.17) is 9.47 Å². The third-order valence-electron chi connectivity index (χ3n) is 3.76. The van der Waals surface area contributed by atoms with Crippen molar-refractivity contribution in [2.45, 2.75) is 18.6 Å². The highest BCUT2D eigenvalue weighted by molar-refractivity contribution is 5.18. The second-order valence-corrected chi connectivity index (χ2v) is 4.98. The van der Waals surface area contributed by atoms with Gasteiger partial charge in [0.1, 0.15) is 5.69 Å². The Morgan fingerprint density at radius 2 is 2.14 bits per heavy atom. The van der Waals surface area contributed by atoms with Crippen LogP contribution in [-0.2, 0) is 11.3 Å². The van der Waals surface area contributed by atoms with Gasteiger partial charge in [-0.3, -0.25) is 9.88 Å². The summed E-state index contributed by atoms with van der Waals surface area (Å²) in [7, 11) is 3.33. The molecule has 1 aliphatic rings. The minimum Gasteiger partial charge on any atom is -0.480 e. The molecular formula is C13H18N6O2. The molecule has 3 heterocycles. The van der Waals surface area contributed by atoms with Gasteiger partial charge >= 0.3 is 0 Å². The SMILES string of the molecule is COc1nccnc1CN1C[C@@H](OC)[C@H](c2cn[nH]n2)C1. The van der Waals surface area contributed by atoms with E-state index in [0.717, 1.165) is 24.5 Å².